The summed E-state index contributed by atoms with van der Waals surface area (Å²) < 4.78 is 6.85. The molecular formula is C14H14BrNO. The first-order valence-corrected chi connectivity index (χ1v) is 6.68. The van der Waals surface area contributed by atoms with Crippen LogP contribution in [0.2, 0.25) is 0 Å². The molecule has 0 amide bonds. The molecule has 0 saturated heterocycles. The quantitative estimate of drug-likeness (QED) is 0.808. The van der Waals surface area contributed by atoms with Crippen molar-refractivity contribution in [2.75, 3.05) is 0 Å². The van der Waals surface area contributed by atoms with Gasteiger partial charge in [-0.25, -0.2) is 4.98 Å². The average molecular weight is 292 g/mol. The molecule has 0 aliphatic heterocycles. The lowest BCUT2D eigenvalue weighted by Crippen LogP contribution is -1.84. The van der Waals surface area contributed by atoms with E-state index in [0.29, 0.717) is 5.92 Å². The Bertz CT molecular complexity index is 570. The molecule has 1 aliphatic carbocycles. The first kappa shape index (κ1) is 11.0. The van der Waals surface area contributed by atoms with Crippen LogP contribution in [0.3, 0.4) is 0 Å². The highest BCUT2D eigenvalue weighted by atomic mass is 79.9. The van der Waals surface area contributed by atoms with Crippen LogP contribution < -0.4 is 0 Å². The molecule has 0 radical (unpaired) electrons. The Morgan fingerprint density at radius 1 is 1.29 bits per heavy atom. The minimum atomic E-state index is 0.566. The zero-order chi connectivity index (χ0) is 12.0. The van der Waals surface area contributed by atoms with Crippen molar-refractivity contribution in [3.05, 3.63) is 39.9 Å². The van der Waals surface area contributed by atoms with E-state index in [1.54, 1.807) is 0 Å². The van der Waals surface area contributed by atoms with E-state index in [4.69, 9.17) is 4.42 Å². The number of benzene rings is 1. The number of halogens is 1. The van der Waals surface area contributed by atoms with Crippen molar-refractivity contribution in [2.45, 2.75) is 32.6 Å². The molecule has 1 saturated carbocycles. The molecule has 0 spiro atoms. The number of aryl methyl sites for hydroxylation is 2. The lowest BCUT2D eigenvalue weighted by molar-refractivity contribution is 0.473. The molecule has 1 aromatic heterocycles. The summed E-state index contributed by atoms with van der Waals surface area (Å²) in [6.07, 6.45) is 2.44. The van der Waals surface area contributed by atoms with Crippen molar-refractivity contribution in [1.29, 1.82) is 0 Å². The van der Waals surface area contributed by atoms with Gasteiger partial charge in [-0.2, -0.15) is 0 Å². The number of rotatable bonds is 2. The minimum Gasteiger partial charge on any atom is -0.445 e. The molecule has 1 aliphatic rings. The standard InChI is InChI=1S/C14H14BrNO/c1-8-3-4-11(7-12(8)15)13-9(2)17-14(16-13)10-5-6-10/h3-4,7,10H,5-6H2,1-2H3. The normalized spacial score (nSPS) is 15.2. The molecule has 1 fully saturated rings. The predicted molar refractivity (Wildman–Crippen MR) is 71.1 cm³/mol. The fourth-order valence-corrected chi connectivity index (χ4v) is 2.31. The van der Waals surface area contributed by atoms with Crippen LogP contribution in [-0.2, 0) is 0 Å². The van der Waals surface area contributed by atoms with Crippen LogP contribution >= 0.6 is 15.9 Å². The highest BCUT2D eigenvalue weighted by Crippen LogP contribution is 2.41. The van der Waals surface area contributed by atoms with Gasteiger partial charge in [0.15, 0.2) is 5.89 Å². The smallest absolute Gasteiger partial charge is 0.198 e. The van der Waals surface area contributed by atoms with Crippen LogP contribution in [0.4, 0.5) is 0 Å². The molecule has 1 heterocycles. The Morgan fingerprint density at radius 2 is 2.06 bits per heavy atom. The summed E-state index contributed by atoms with van der Waals surface area (Å²) in [5.74, 6) is 2.40. The third-order valence-corrected chi connectivity index (χ3v) is 4.04. The molecule has 0 atom stereocenters. The molecule has 88 valence electrons. The Kier molecular flexibility index (Phi) is 2.58. The second kappa shape index (κ2) is 3.98. The topological polar surface area (TPSA) is 26.0 Å². The van der Waals surface area contributed by atoms with Gasteiger partial charge >= 0.3 is 0 Å². The summed E-state index contributed by atoms with van der Waals surface area (Å²) in [6, 6.07) is 6.31. The molecule has 17 heavy (non-hydrogen) atoms. The molecule has 2 aromatic rings. The zero-order valence-electron chi connectivity index (χ0n) is 9.96. The van der Waals surface area contributed by atoms with E-state index in [1.165, 1.54) is 18.4 Å². The Labute approximate surface area is 109 Å². The van der Waals surface area contributed by atoms with Crippen LogP contribution in [0.5, 0.6) is 0 Å². The maximum atomic E-state index is 5.74. The number of hydrogen-bond donors (Lipinski definition) is 0. The van der Waals surface area contributed by atoms with E-state index in [9.17, 15) is 0 Å². The third-order valence-electron chi connectivity index (χ3n) is 3.18. The summed E-state index contributed by atoms with van der Waals surface area (Å²) in [4.78, 5) is 4.63. The Balaban J connectivity index is 2.04. The van der Waals surface area contributed by atoms with Crippen LogP contribution in [0.15, 0.2) is 27.1 Å². The second-order valence-corrected chi connectivity index (χ2v) is 5.55. The van der Waals surface area contributed by atoms with E-state index in [0.717, 1.165) is 27.4 Å². The summed E-state index contributed by atoms with van der Waals surface area (Å²) >= 11 is 3.56. The summed E-state index contributed by atoms with van der Waals surface area (Å²) in [5.41, 5.74) is 3.33. The predicted octanol–water partition coefficient (Wildman–Crippen LogP) is 4.60. The Hall–Kier alpha value is -1.09. The van der Waals surface area contributed by atoms with Crippen molar-refractivity contribution in [1.82, 2.24) is 4.98 Å². The number of oxazole rings is 1. The van der Waals surface area contributed by atoms with Crippen molar-refractivity contribution in [3.8, 4) is 11.3 Å². The number of aromatic nitrogens is 1. The van der Waals surface area contributed by atoms with E-state index >= 15 is 0 Å². The molecule has 3 rings (SSSR count). The lowest BCUT2D eigenvalue weighted by Gasteiger charge is -2.01. The van der Waals surface area contributed by atoms with Crippen LogP contribution in [0.1, 0.15) is 36.0 Å². The zero-order valence-corrected chi connectivity index (χ0v) is 11.5. The van der Waals surface area contributed by atoms with Gasteiger partial charge in [0.2, 0.25) is 0 Å². The molecular weight excluding hydrogens is 278 g/mol. The van der Waals surface area contributed by atoms with Gasteiger partial charge in [0.25, 0.3) is 0 Å². The van der Waals surface area contributed by atoms with Crippen molar-refractivity contribution < 1.29 is 4.42 Å². The first-order valence-electron chi connectivity index (χ1n) is 5.89. The van der Waals surface area contributed by atoms with Gasteiger partial charge in [0.1, 0.15) is 11.5 Å². The lowest BCUT2D eigenvalue weighted by atomic mass is 10.1. The Morgan fingerprint density at radius 3 is 2.71 bits per heavy atom. The highest BCUT2D eigenvalue weighted by Gasteiger charge is 2.29. The monoisotopic (exact) mass is 291 g/mol. The van der Waals surface area contributed by atoms with Gasteiger partial charge < -0.3 is 4.42 Å². The number of hydrogen-bond acceptors (Lipinski definition) is 2. The summed E-state index contributed by atoms with van der Waals surface area (Å²) in [6.45, 7) is 4.07. The van der Waals surface area contributed by atoms with Gasteiger partial charge in [-0.3, -0.25) is 0 Å². The molecule has 2 nitrogen and oxygen atoms in total. The van der Waals surface area contributed by atoms with Gasteiger partial charge in [-0.05, 0) is 38.3 Å². The van der Waals surface area contributed by atoms with Crippen LogP contribution in [-0.4, -0.2) is 4.98 Å². The SMILES string of the molecule is Cc1ccc(-c2nc(C3CC3)oc2C)cc1Br. The molecule has 0 N–H and O–H groups in total. The fourth-order valence-electron chi connectivity index (χ4n) is 1.93. The second-order valence-electron chi connectivity index (χ2n) is 4.70. The van der Waals surface area contributed by atoms with E-state index in [1.807, 2.05) is 6.92 Å². The van der Waals surface area contributed by atoms with Crippen molar-refractivity contribution in [3.63, 3.8) is 0 Å². The molecule has 0 unspecified atom stereocenters. The van der Waals surface area contributed by atoms with E-state index in [2.05, 4.69) is 46.0 Å². The molecule has 0 bridgehead atoms. The fraction of sp³-hybridized carbons (Fsp3) is 0.357. The van der Waals surface area contributed by atoms with Gasteiger partial charge in [-0.1, -0.05) is 28.1 Å². The number of nitrogens with zero attached hydrogens (tertiary/aromatic N) is 1. The van der Waals surface area contributed by atoms with Crippen LogP contribution in [0, 0.1) is 13.8 Å². The summed E-state index contributed by atoms with van der Waals surface area (Å²) in [7, 11) is 0. The molecule has 1 aromatic carbocycles. The maximum absolute atomic E-state index is 5.74. The minimum absolute atomic E-state index is 0.566. The van der Waals surface area contributed by atoms with Gasteiger partial charge in [0, 0.05) is 16.0 Å². The van der Waals surface area contributed by atoms with Gasteiger partial charge in [0.05, 0.1) is 0 Å². The third kappa shape index (κ3) is 2.04. The maximum Gasteiger partial charge on any atom is 0.198 e. The average Bonchev–Trinajstić information content (AvgIpc) is 3.07. The van der Waals surface area contributed by atoms with Crippen molar-refractivity contribution in [2.24, 2.45) is 0 Å². The molecule has 3 heteroatoms. The van der Waals surface area contributed by atoms with Crippen molar-refractivity contribution >= 4 is 15.9 Å². The summed E-state index contributed by atoms with van der Waals surface area (Å²) in [5, 5.41) is 0. The van der Waals surface area contributed by atoms with E-state index in [-0.39, 0.29) is 0 Å². The first-order chi connectivity index (χ1) is 8.15. The largest absolute Gasteiger partial charge is 0.445 e. The highest BCUT2D eigenvalue weighted by molar-refractivity contribution is 9.10. The van der Waals surface area contributed by atoms with E-state index < -0.39 is 0 Å². The van der Waals surface area contributed by atoms with Crippen LogP contribution in [0.25, 0.3) is 11.3 Å². The van der Waals surface area contributed by atoms with Gasteiger partial charge in [-0.15, -0.1) is 0 Å².